The summed E-state index contributed by atoms with van der Waals surface area (Å²) in [7, 11) is 0. The molecular weight excluding hydrogens is 208 g/mol. The molecule has 1 aliphatic rings. The summed E-state index contributed by atoms with van der Waals surface area (Å²) >= 11 is 0. The first kappa shape index (κ1) is 11.4. The van der Waals surface area contributed by atoms with Gasteiger partial charge in [0.05, 0.1) is 0 Å². The molecule has 0 atom stereocenters. The van der Waals surface area contributed by atoms with Gasteiger partial charge in [0, 0.05) is 23.8 Å². The number of aryl methyl sites for hydroxylation is 1. The number of hydrogen-bond acceptors (Lipinski definition) is 1. The van der Waals surface area contributed by atoms with Crippen molar-refractivity contribution < 1.29 is 8.78 Å². The van der Waals surface area contributed by atoms with Crippen LogP contribution in [0.1, 0.15) is 37.0 Å². The van der Waals surface area contributed by atoms with Crippen LogP contribution >= 0.6 is 0 Å². The number of hydrogen-bond donors (Lipinski definition) is 0. The lowest BCUT2D eigenvalue weighted by Crippen LogP contribution is -2.28. The molecule has 0 spiro atoms. The third-order valence-corrected chi connectivity index (χ3v) is 3.26. The highest BCUT2D eigenvalue weighted by Crippen LogP contribution is 2.35. The van der Waals surface area contributed by atoms with E-state index < -0.39 is 6.43 Å². The largest absolute Gasteiger partial charge is 0.369 e. The zero-order chi connectivity index (χ0) is 11.9. The maximum atomic E-state index is 12.8. The Kier molecular flexibility index (Phi) is 2.87. The third-order valence-electron chi connectivity index (χ3n) is 3.26. The molecule has 0 radical (unpaired) electrons. The van der Waals surface area contributed by atoms with Gasteiger partial charge in [0.1, 0.15) is 0 Å². The van der Waals surface area contributed by atoms with Crippen molar-refractivity contribution in [3.63, 3.8) is 0 Å². The fraction of sp³-hybridized carbons (Fsp3) is 0.538. The predicted molar refractivity (Wildman–Crippen MR) is 62.3 cm³/mol. The Labute approximate surface area is 95.1 Å². The predicted octanol–water partition coefficient (Wildman–Crippen LogP) is 3.70. The highest BCUT2D eigenvalue weighted by Gasteiger charge is 2.24. The Balaban J connectivity index is 2.46. The molecule has 0 fully saturated rings. The molecule has 1 aromatic carbocycles. The van der Waals surface area contributed by atoms with E-state index in [4.69, 9.17) is 0 Å². The first-order chi connectivity index (χ1) is 7.50. The molecule has 0 saturated carbocycles. The summed E-state index contributed by atoms with van der Waals surface area (Å²) in [5.74, 6) is 0. The number of rotatable bonds is 2. The van der Waals surface area contributed by atoms with Gasteiger partial charge in [-0.2, -0.15) is 0 Å². The van der Waals surface area contributed by atoms with Crippen molar-refractivity contribution in [2.75, 3.05) is 11.4 Å². The molecule has 0 aliphatic carbocycles. The summed E-state index contributed by atoms with van der Waals surface area (Å²) in [4.78, 5) is 2.20. The molecule has 0 aromatic heterocycles. The Bertz CT molecular complexity index is 399. The van der Waals surface area contributed by atoms with Crippen LogP contribution in [0.15, 0.2) is 12.1 Å². The average molecular weight is 225 g/mol. The summed E-state index contributed by atoms with van der Waals surface area (Å²) in [5.41, 5.74) is 3.08. The molecule has 0 amide bonds. The van der Waals surface area contributed by atoms with E-state index in [1.807, 2.05) is 6.07 Å². The molecule has 0 saturated heterocycles. The quantitative estimate of drug-likeness (QED) is 0.741. The highest BCUT2D eigenvalue weighted by molar-refractivity contribution is 5.61. The maximum absolute atomic E-state index is 12.8. The minimum absolute atomic E-state index is 0.173. The lowest BCUT2D eigenvalue weighted by atomic mass is 10.0. The molecule has 0 unspecified atom stereocenters. The zero-order valence-corrected chi connectivity index (χ0v) is 9.93. The number of anilines is 1. The summed E-state index contributed by atoms with van der Waals surface area (Å²) in [6.45, 7) is 6.90. The SMILES string of the molecule is Cc1cc2c(cc1C(F)F)N(C(C)C)CC2. The van der Waals surface area contributed by atoms with Crippen LogP contribution < -0.4 is 4.90 Å². The first-order valence-electron chi connectivity index (χ1n) is 5.69. The van der Waals surface area contributed by atoms with Crippen molar-refractivity contribution in [1.82, 2.24) is 0 Å². The van der Waals surface area contributed by atoms with Gasteiger partial charge in [0.15, 0.2) is 0 Å². The standard InChI is InChI=1S/C13H17F2N/c1-8(2)16-5-4-10-6-9(3)11(13(14)15)7-12(10)16/h6-8,13H,4-5H2,1-3H3. The number of alkyl halides is 2. The third kappa shape index (κ3) is 1.79. The van der Waals surface area contributed by atoms with E-state index in [0.29, 0.717) is 11.6 Å². The monoisotopic (exact) mass is 225 g/mol. The van der Waals surface area contributed by atoms with Gasteiger partial charge < -0.3 is 4.90 Å². The van der Waals surface area contributed by atoms with E-state index >= 15 is 0 Å². The second-order valence-corrected chi connectivity index (χ2v) is 4.68. The average Bonchev–Trinajstić information content (AvgIpc) is 2.58. The van der Waals surface area contributed by atoms with E-state index in [0.717, 1.165) is 18.7 Å². The van der Waals surface area contributed by atoms with E-state index in [1.54, 1.807) is 13.0 Å². The van der Waals surface area contributed by atoms with Crippen LogP contribution in [0.4, 0.5) is 14.5 Å². The molecule has 1 aromatic rings. The molecule has 88 valence electrons. The van der Waals surface area contributed by atoms with Crippen LogP contribution in [0.2, 0.25) is 0 Å². The van der Waals surface area contributed by atoms with Crippen molar-refractivity contribution in [1.29, 1.82) is 0 Å². The molecule has 0 N–H and O–H groups in total. The van der Waals surface area contributed by atoms with Gasteiger partial charge in [-0.3, -0.25) is 0 Å². The van der Waals surface area contributed by atoms with Gasteiger partial charge >= 0.3 is 0 Å². The Morgan fingerprint density at radius 3 is 2.50 bits per heavy atom. The van der Waals surface area contributed by atoms with Crippen LogP contribution in [0.5, 0.6) is 0 Å². The Morgan fingerprint density at radius 2 is 1.94 bits per heavy atom. The zero-order valence-electron chi connectivity index (χ0n) is 9.93. The van der Waals surface area contributed by atoms with Gasteiger partial charge in [0.2, 0.25) is 0 Å². The van der Waals surface area contributed by atoms with E-state index in [-0.39, 0.29) is 5.56 Å². The van der Waals surface area contributed by atoms with Gasteiger partial charge in [-0.05, 0) is 44.4 Å². The fourth-order valence-electron chi connectivity index (χ4n) is 2.37. The van der Waals surface area contributed by atoms with Crippen molar-refractivity contribution in [2.24, 2.45) is 0 Å². The second-order valence-electron chi connectivity index (χ2n) is 4.68. The van der Waals surface area contributed by atoms with E-state index in [2.05, 4.69) is 18.7 Å². The van der Waals surface area contributed by atoms with E-state index in [1.165, 1.54) is 5.56 Å². The lowest BCUT2D eigenvalue weighted by Gasteiger charge is -2.24. The maximum Gasteiger partial charge on any atom is 0.264 e. The molecule has 1 heterocycles. The Morgan fingerprint density at radius 1 is 1.25 bits per heavy atom. The van der Waals surface area contributed by atoms with Crippen molar-refractivity contribution in [3.05, 3.63) is 28.8 Å². The summed E-state index contributed by atoms with van der Waals surface area (Å²) in [6.07, 6.45) is -1.40. The van der Waals surface area contributed by atoms with Crippen LogP contribution in [0, 0.1) is 6.92 Å². The highest BCUT2D eigenvalue weighted by atomic mass is 19.3. The van der Waals surface area contributed by atoms with Gasteiger partial charge in [-0.15, -0.1) is 0 Å². The van der Waals surface area contributed by atoms with Crippen molar-refractivity contribution in [3.8, 4) is 0 Å². The van der Waals surface area contributed by atoms with Crippen LogP contribution in [-0.4, -0.2) is 12.6 Å². The smallest absolute Gasteiger partial charge is 0.264 e. The van der Waals surface area contributed by atoms with Gasteiger partial charge in [-0.25, -0.2) is 8.78 Å². The van der Waals surface area contributed by atoms with Crippen molar-refractivity contribution >= 4 is 5.69 Å². The normalized spacial score (nSPS) is 15.1. The van der Waals surface area contributed by atoms with Gasteiger partial charge in [0.25, 0.3) is 6.43 Å². The van der Waals surface area contributed by atoms with Gasteiger partial charge in [-0.1, -0.05) is 6.07 Å². The summed E-state index contributed by atoms with van der Waals surface area (Å²) in [5, 5.41) is 0. The van der Waals surface area contributed by atoms with Crippen molar-refractivity contribution in [2.45, 2.75) is 39.7 Å². The van der Waals surface area contributed by atoms with Crippen LogP contribution in [0.25, 0.3) is 0 Å². The number of benzene rings is 1. The summed E-state index contributed by atoms with van der Waals surface area (Å²) < 4.78 is 25.6. The van der Waals surface area contributed by atoms with E-state index in [9.17, 15) is 8.78 Å². The molecule has 3 heteroatoms. The minimum Gasteiger partial charge on any atom is -0.369 e. The van der Waals surface area contributed by atoms with Crippen LogP contribution in [0.3, 0.4) is 0 Å². The number of nitrogens with zero attached hydrogens (tertiary/aromatic N) is 1. The number of halogens is 2. The first-order valence-corrected chi connectivity index (χ1v) is 5.69. The molecule has 0 bridgehead atoms. The second kappa shape index (κ2) is 4.04. The molecular formula is C13H17F2N. The minimum atomic E-state index is -2.38. The summed E-state index contributed by atoms with van der Waals surface area (Å²) in [6, 6.07) is 3.95. The molecule has 16 heavy (non-hydrogen) atoms. The molecule has 1 nitrogen and oxygen atoms in total. The Hall–Kier alpha value is -1.12. The fourth-order valence-corrected chi connectivity index (χ4v) is 2.37. The molecule has 2 rings (SSSR count). The lowest BCUT2D eigenvalue weighted by molar-refractivity contribution is 0.150. The topological polar surface area (TPSA) is 3.24 Å². The number of fused-ring (bicyclic) bond motifs is 1. The van der Waals surface area contributed by atoms with Crippen LogP contribution in [-0.2, 0) is 6.42 Å². The molecule has 1 aliphatic heterocycles.